The summed E-state index contributed by atoms with van der Waals surface area (Å²) >= 11 is 6.22. The van der Waals surface area contributed by atoms with Gasteiger partial charge >= 0.3 is 0 Å². The van der Waals surface area contributed by atoms with E-state index >= 15 is 0 Å². The number of alkyl halides is 1. The molecule has 0 bridgehead atoms. The molecule has 0 saturated heterocycles. The van der Waals surface area contributed by atoms with Crippen molar-refractivity contribution >= 4 is 17.5 Å². The van der Waals surface area contributed by atoms with Gasteiger partial charge in [-0.2, -0.15) is 0 Å². The topological polar surface area (TPSA) is 43.1 Å². The minimum atomic E-state index is -0.564. The van der Waals surface area contributed by atoms with Gasteiger partial charge in [-0.1, -0.05) is 34.6 Å². The van der Waals surface area contributed by atoms with Crippen LogP contribution in [0.3, 0.4) is 0 Å². The zero-order chi connectivity index (χ0) is 12.8. The van der Waals surface area contributed by atoms with Gasteiger partial charge in [-0.25, -0.2) is 0 Å². The van der Waals surface area contributed by atoms with Gasteiger partial charge in [-0.05, 0) is 35.5 Å². The number of hydrogen-bond acceptors (Lipinski definition) is 1. The fourth-order valence-corrected chi connectivity index (χ4v) is 4.35. The van der Waals surface area contributed by atoms with Gasteiger partial charge in [0.1, 0.15) is 5.38 Å². The summed E-state index contributed by atoms with van der Waals surface area (Å²) in [7, 11) is 0. The highest BCUT2D eigenvalue weighted by Gasteiger charge is 2.49. The molecule has 1 saturated carbocycles. The first-order chi connectivity index (χ1) is 6.98. The number of halogens is 1. The lowest BCUT2D eigenvalue weighted by atomic mass is 9.55. The molecule has 1 atom stereocenters. The average molecular weight is 246 g/mol. The number of carbonyl (C=O) groups excluding carboxylic acids is 1. The maximum absolute atomic E-state index is 11.3. The molecular formula is C13H24ClNO. The predicted molar refractivity (Wildman–Crippen MR) is 68.4 cm³/mol. The van der Waals surface area contributed by atoms with Crippen molar-refractivity contribution in [2.75, 3.05) is 0 Å². The summed E-state index contributed by atoms with van der Waals surface area (Å²) < 4.78 is 0. The molecule has 0 heterocycles. The smallest absolute Gasteiger partial charge is 0.236 e. The van der Waals surface area contributed by atoms with Gasteiger partial charge in [0.25, 0.3) is 0 Å². The van der Waals surface area contributed by atoms with E-state index in [1.165, 1.54) is 0 Å². The van der Waals surface area contributed by atoms with Crippen molar-refractivity contribution in [1.29, 1.82) is 0 Å². The number of carbonyl (C=O) groups is 1. The third kappa shape index (κ3) is 2.91. The molecule has 1 aliphatic rings. The molecule has 0 aromatic heterocycles. The van der Waals surface area contributed by atoms with Crippen molar-refractivity contribution in [2.24, 2.45) is 22.0 Å². The third-order valence-corrected chi connectivity index (χ3v) is 4.33. The Morgan fingerprint density at radius 3 is 1.75 bits per heavy atom. The largest absolute Gasteiger partial charge is 0.368 e. The molecule has 0 radical (unpaired) electrons. The molecular weight excluding hydrogens is 222 g/mol. The molecule has 0 aromatic rings. The summed E-state index contributed by atoms with van der Waals surface area (Å²) in [5.74, 6) is -0.391. The number of primary amides is 1. The minimum absolute atomic E-state index is 0.182. The lowest BCUT2D eigenvalue weighted by molar-refractivity contribution is -0.121. The fourth-order valence-electron chi connectivity index (χ4n) is 4.19. The van der Waals surface area contributed by atoms with Crippen LogP contribution in [0.2, 0.25) is 0 Å². The Bertz CT molecular complexity index is 280. The number of rotatable bonds is 2. The Morgan fingerprint density at radius 1 is 1.06 bits per heavy atom. The molecule has 2 N–H and O–H groups in total. The van der Waals surface area contributed by atoms with Crippen LogP contribution in [0.25, 0.3) is 0 Å². The Hall–Kier alpha value is -0.240. The van der Waals surface area contributed by atoms with Gasteiger partial charge < -0.3 is 5.73 Å². The second-order valence-electron chi connectivity index (χ2n) is 7.28. The van der Waals surface area contributed by atoms with E-state index in [0.29, 0.717) is 0 Å². The van der Waals surface area contributed by atoms with Crippen LogP contribution in [0.1, 0.15) is 53.9 Å². The second kappa shape index (κ2) is 3.90. The molecule has 1 rings (SSSR count). The molecule has 0 spiro atoms. The quantitative estimate of drug-likeness (QED) is 0.746. The van der Waals surface area contributed by atoms with Crippen LogP contribution in [0.4, 0.5) is 0 Å². The molecule has 16 heavy (non-hydrogen) atoms. The van der Waals surface area contributed by atoms with E-state index in [0.717, 1.165) is 19.3 Å². The highest BCUT2D eigenvalue weighted by Crippen LogP contribution is 2.56. The zero-order valence-electron chi connectivity index (χ0n) is 11.1. The van der Waals surface area contributed by atoms with Gasteiger partial charge in [0.2, 0.25) is 5.91 Å². The van der Waals surface area contributed by atoms with Gasteiger partial charge in [-0.3, -0.25) is 4.79 Å². The molecule has 1 fully saturated rings. The Morgan fingerprint density at radius 2 is 1.44 bits per heavy atom. The van der Waals surface area contributed by atoms with E-state index in [1.54, 1.807) is 0 Å². The van der Waals surface area contributed by atoms with Crippen LogP contribution in [0.5, 0.6) is 0 Å². The summed E-state index contributed by atoms with van der Waals surface area (Å²) in [6.45, 7) is 11.1. The normalized spacial score (nSPS) is 28.4. The van der Waals surface area contributed by atoms with E-state index in [2.05, 4.69) is 34.6 Å². The highest BCUT2D eigenvalue weighted by molar-refractivity contribution is 6.31. The van der Waals surface area contributed by atoms with Crippen molar-refractivity contribution < 1.29 is 4.79 Å². The van der Waals surface area contributed by atoms with Crippen molar-refractivity contribution in [3.63, 3.8) is 0 Å². The van der Waals surface area contributed by atoms with Crippen LogP contribution in [0, 0.1) is 16.2 Å². The SMILES string of the molecule is CC1(C)CC(C)(C)CC(C)(C(Cl)C(N)=O)C1. The summed E-state index contributed by atoms with van der Waals surface area (Å²) in [4.78, 5) is 11.3. The first-order valence-electron chi connectivity index (χ1n) is 5.91. The molecule has 94 valence electrons. The average Bonchev–Trinajstić information content (AvgIpc) is 1.95. The number of amides is 1. The summed E-state index contributed by atoms with van der Waals surface area (Å²) in [6.07, 6.45) is 3.08. The fraction of sp³-hybridized carbons (Fsp3) is 0.923. The molecule has 1 unspecified atom stereocenters. The Labute approximate surface area is 104 Å². The van der Waals surface area contributed by atoms with Crippen molar-refractivity contribution in [3.05, 3.63) is 0 Å². The van der Waals surface area contributed by atoms with E-state index in [-0.39, 0.29) is 16.2 Å². The Balaban J connectivity index is 3.00. The molecule has 1 aliphatic carbocycles. The van der Waals surface area contributed by atoms with Crippen molar-refractivity contribution in [3.8, 4) is 0 Å². The van der Waals surface area contributed by atoms with Gasteiger partial charge in [0.15, 0.2) is 0 Å². The molecule has 0 aliphatic heterocycles. The zero-order valence-corrected chi connectivity index (χ0v) is 11.8. The van der Waals surface area contributed by atoms with E-state index in [4.69, 9.17) is 17.3 Å². The maximum Gasteiger partial charge on any atom is 0.236 e. The van der Waals surface area contributed by atoms with E-state index in [9.17, 15) is 4.79 Å². The van der Waals surface area contributed by atoms with Crippen molar-refractivity contribution in [1.82, 2.24) is 0 Å². The molecule has 3 heteroatoms. The van der Waals surface area contributed by atoms with E-state index in [1.807, 2.05) is 0 Å². The minimum Gasteiger partial charge on any atom is -0.368 e. The first-order valence-corrected chi connectivity index (χ1v) is 6.35. The van der Waals surface area contributed by atoms with Crippen molar-refractivity contribution in [2.45, 2.75) is 59.3 Å². The van der Waals surface area contributed by atoms with Crippen LogP contribution in [-0.4, -0.2) is 11.3 Å². The predicted octanol–water partition coefficient (Wildman–Crippen LogP) is 3.32. The van der Waals surface area contributed by atoms with Gasteiger partial charge in [0.05, 0.1) is 0 Å². The van der Waals surface area contributed by atoms with Crippen LogP contribution < -0.4 is 5.73 Å². The lowest BCUT2D eigenvalue weighted by Gasteiger charge is -2.51. The second-order valence-corrected chi connectivity index (χ2v) is 7.71. The molecule has 0 aromatic carbocycles. The van der Waals surface area contributed by atoms with E-state index < -0.39 is 11.3 Å². The van der Waals surface area contributed by atoms with Crippen LogP contribution >= 0.6 is 11.6 Å². The van der Waals surface area contributed by atoms with Gasteiger partial charge in [0, 0.05) is 0 Å². The number of hydrogen-bond donors (Lipinski definition) is 1. The van der Waals surface area contributed by atoms with Crippen LogP contribution in [0.15, 0.2) is 0 Å². The summed E-state index contributed by atoms with van der Waals surface area (Å²) in [5, 5.41) is -0.564. The lowest BCUT2D eigenvalue weighted by Crippen LogP contribution is -2.48. The number of nitrogens with two attached hydrogens (primary N) is 1. The monoisotopic (exact) mass is 245 g/mol. The summed E-state index contributed by atoms with van der Waals surface area (Å²) in [5.41, 5.74) is 5.62. The highest BCUT2D eigenvalue weighted by atomic mass is 35.5. The molecule has 2 nitrogen and oxygen atoms in total. The van der Waals surface area contributed by atoms with Crippen LogP contribution in [-0.2, 0) is 4.79 Å². The molecule has 1 amide bonds. The first kappa shape index (κ1) is 13.8. The third-order valence-electron chi connectivity index (χ3n) is 3.58. The van der Waals surface area contributed by atoms with Gasteiger partial charge in [-0.15, -0.1) is 11.6 Å². The maximum atomic E-state index is 11.3. The standard InChI is InChI=1S/C13H24ClNO/c1-11(2)6-12(3,4)8-13(5,7-11)9(14)10(15)16/h9H,6-8H2,1-5H3,(H2,15,16). The summed E-state index contributed by atoms with van der Waals surface area (Å²) in [6, 6.07) is 0. The Kier molecular flexibility index (Phi) is 3.37.